The number of nitriles is 1. The summed E-state index contributed by atoms with van der Waals surface area (Å²) in [4.78, 5) is 0. The van der Waals surface area contributed by atoms with Gasteiger partial charge in [0, 0.05) is 0 Å². The van der Waals surface area contributed by atoms with E-state index in [-0.39, 0.29) is 0 Å². The maximum absolute atomic E-state index is 8.15. The summed E-state index contributed by atoms with van der Waals surface area (Å²) in [6.45, 7) is 6.57. The van der Waals surface area contributed by atoms with E-state index in [4.69, 9.17) is 5.26 Å². The molecule has 3 heteroatoms. The van der Waals surface area contributed by atoms with Crippen molar-refractivity contribution in [1.82, 2.24) is 0 Å². The first-order valence-corrected chi connectivity index (χ1v) is 7.56. The zero-order valence-corrected chi connectivity index (χ0v) is 8.38. The minimum Gasteiger partial charge on any atom is -0.185 e. The van der Waals surface area contributed by atoms with Gasteiger partial charge in [-0.05, 0) is 11.8 Å². The zero-order valence-electron chi connectivity index (χ0n) is 6.56. The summed E-state index contributed by atoms with van der Waals surface area (Å²) in [6, 6.07) is 0. The number of nitrogens with zero attached hydrogens (tertiary/aromatic N) is 1. The molecule has 0 fully saturated rings. The summed E-state index contributed by atoms with van der Waals surface area (Å²) in [5.74, 6) is 3.63. The van der Waals surface area contributed by atoms with Gasteiger partial charge in [-0.15, -0.1) is 5.54 Å². The molecule has 0 rings (SSSR count). The van der Waals surface area contributed by atoms with Gasteiger partial charge in [0.2, 0.25) is 0 Å². The van der Waals surface area contributed by atoms with Gasteiger partial charge in [0.25, 0.3) is 0 Å². The number of thioether (sulfide) groups is 1. The number of thiocyanates is 1. The smallest absolute Gasteiger partial charge is 0.134 e. The highest BCUT2D eigenvalue weighted by Crippen LogP contribution is 1.98. The Morgan fingerprint density at radius 2 is 2.00 bits per heavy atom. The zero-order chi connectivity index (χ0) is 8.04. The van der Waals surface area contributed by atoms with Crippen LogP contribution in [0.25, 0.3) is 0 Å². The molecule has 0 saturated heterocycles. The Labute approximate surface area is 67.8 Å². The third kappa shape index (κ3) is 7.62. The van der Waals surface area contributed by atoms with Crippen molar-refractivity contribution in [3.63, 3.8) is 0 Å². The van der Waals surface area contributed by atoms with Gasteiger partial charge < -0.3 is 0 Å². The number of hydrogen-bond donors (Lipinski definition) is 0. The van der Waals surface area contributed by atoms with Gasteiger partial charge in [-0.25, -0.2) is 0 Å². The second-order valence-corrected chi connectivity index (χ2v) is 8.44. The molecule has 0 N–H and O–H groups in total. The van der Waals surface area contributed by atoms with E-state index in [2.05, 4.69) is 31.1 Å². The normalized spacial score (nSPS) is 9.40. The molecule has 10 heavy (non-hydrogen) atoms. The average molecular weight is 169 g/mol. The standard InChI is InChI=1S/C7H11NSSi/c1-10(2,3)6-4-5-9-7-8/h5H2,1-3H3. The Hall–Kier alpha value is -0.383. The van der Waals surface area contributed by atoms with E-state index in [0.29, 0.717) is 5.75 Å². The summed E-state index contributed by atoms with van der Waals surface area (Å²) < 4.78 is 0. The fraction of sp³-hybridized carbons (Fsp3) is 0.571. The third-order valence-corrected chi connectivity index (χ3v) is 2.02. The topological polar surface area (TPSA) is 23.8 Å². The van der Waals surface area contributed by atoms with Crippen LogP contribution in [0.3, 0.4) is 0 Å². The lowest BCUT2D eigenvalue weighted by Gasteiger charge is -2.02. The Morgan fingerprint density at radius 1 is 1.40 bits per heavy atom. The fourth-order valence-electron chi connectivity index (χ4n) is 0.370. The Bertz CT molecular complexity index is 188. The van der Waals surface area contributed by atoms with E-state index in [1.807, 2.05) is 5.40 Å². The highest BCUT2D eigenvalue weighted by molar-refractivity contribution is 8.03. The molecule has 0 aliphatic heterocycles. The summed E-state index contributed by atoms with van der Waals surface area (Å²) in [5, 5.41) is 10.1. The van der Waals surface area contributed by atoms with Gasteiger partial charge in [0.1, 0.15) is 13.5 Å². The molecule has 0 unspecified atom stereocenters. The van der Waals surface area contributed by atoms with Gasteiger partial charge in [-0.2, -0.15) is 5.26 Å². The van der Waals surface area contributed by atoms with E-state index in [0.717, 1.165) is 0 Å². The summed E-state index contributed by atoms with van der Waals surface area (Å²) in [6.07, 6.45) is 0. The average Bonchev–Trinajstić information content (AvgIpc) is 1.78. The quantitative estimate of drug-likeness (QED) is 0.260. The van der Waals surface area contributed by atoms with Crippen LogP contribution >= 0.6 is 11.8 Å². The molecule has 0 aromatic rings. The lowest BCUT2D eigenvalue weighted by atomic mass is 10.8. The largest absolute Gasteiger partial charge is 0.185 e. The first kappa shape index (κ1) is 9.62. The third-order valence-electron chi connectivity index (χ3n) is 0.672. The molecule has 0 aromatic carbocycles. The maximum Gasteiger partial charge on any atom is 0.134 e. The number of rotatable bonds is 1. The van der Waals surface area contributed by atoms with Crippen molar-refractivity contribution in [3.05, 3.63) is 0 Å². The molecule has 0 atom stereocenters. The Balaban J connectivity index is 3.62. The van der Waals surface area contributed by atoms with Gasteiger partial charge >= 0.3 is 0 Å². The van der Waals surface area contributed by atoms with E-state index >= 15 is 0 Å². The molecule has 0 aliphatic carbocycles. The second-order valence-electron chi connectivity index (χ2n) is 2.93. The van der Waals surface area contributed by atoms with Gasteiger partial charge in [-0.3, -0.25) is 0 Å². The van der Waals surface area contributed by atoms with Crippen molar-refractivity contribution < 1.29 is 0 Å². The van der Waals surface area contributed by atoms with Gasteiger partial charge in [0.05, 0.1) is 5.75 Å². The molecule has 0 aromatic heterocycles. The van der Waals surface area contributed by atoms with Crippen molar-refractivity contribution in [2.75, 3.05) is 5.75 Å². The Morgan fingerprint density at radius 3 is 2.40 bits per heavy atom. The van der Waals surface area contributed by atoms with Crippen LogP contribution in [0.15, 0.2) is 0 Å². The molecule has 1 nitrogen and oxygen atoms in total. The van der Waals surface area contributed by atoms with Crippen molar-refractivity contribution in [1.29, 1.82) is 5.26 Å². The summed E-state index contributed by atoms with van der Waals surface area (Å²) in [7, 11) is -1.19. The molecule has 0 amide bonds. The van der Waals surface area contributed by atoms with Crippen LogP contribution < -0.4 is 0 Å². The van der Waals surface area contributed by atoms with Crippen molar-refractivity contribution in [2.45, 2.75) is 19.6 Å². The molecule has 0 radical (unpaired) electrons. The van der Waals surface area contributed by atoms with Crippen LogP contribution in [0.2, 0.25) is 19.6 Å². The van der Waals surface area contributed by atoms with Gasteiger partial charge in [-0.1, -0.05) is 25.6 Å². The predicted molar refractivity (Wildman–Crippen MR) is 49.2 cm³/mol. The van der Waals surface area contributed by atoms with E-state index < -0.39 is 8.07 Å². The molecule has 0 heterocycles. The lowest BCUT2D eigenvalue weighted by molar-refractivity contribution is 1.57. The minimum atomic E-state index is -1.19. The maximum atomic E-state index is 8.15. The SMILES string of the molecule is C[Si](C)(C)C#CCSC#N. The molecule has 54 valence electrons. The second kappa shape index (κ2) is 4.44. The highest BCUT2D eigenvalue weighted by Gasteiger charge is 2.06. The Kier molecular flexibility index (Phi) is 4.27. The van der Waals surface area contributed by atoms with Crippen LogP contribution in [-0.2, 0) is 0 Å². The molecule has 0 aliphatic rings. The van der Waals surface area contributed by atoms with E-state index in [1.54, 1.807) is 0 Å². The molecule has 0 saturated carbocycles. The first-order valence-electron chi connectivity index (χ1n) is 3.07. The van der Waals surface area contributed by atoms with Crippen LogP contribution in [0.5, 0.6) is 0 Å². The number of hydrogen-bond acceptors (Lipinski definition) is 2. The van der Waals surface area contributed by atoms with Crippen molar-refractivity contribution >= 4 is 19.8 Å². The molecular weight excluding hydrogens is 158 g/mol. The van der Waals surface area contributed by atoms with E-state index in [1.165, 1.54) is 11.8 Å². The van der Waals surface area contributed by atoms with E-state index in [9.17, 15) is 0 Å². The molecule has 0 bridgehead atoms. The molecular formula is C7H11NSSi. The summed E-state index contributed by atoms with van der Waals surface area (Å²) in [5.41, 5.74) is 3.17. The van der Waals surface area contributed by atoms with Crippen LogP contribution in [0.1, 0.15) is 0 Å². The first-order chi connectivity index (χ1) is 4.56. The van der Waals surface area contributed by atoms with Gasteiger partial charge in [0.15, 0.2) is 0 Å². The van der Waals surface area contributed by atoms with Crippen molar-refractivity contribution in [2.24, 2.45) is 0 Å². The highest BCUT2D eigenvalue weighted by atomic mass is 32.2. The minimum absolute atomic E-state index is 0.654. The van der Waals surface area contributed by atoms with Crippen LogP contribution in [0, 0.1) is 22.1 Å². The fourth-order valence-corrected chi connectivity index (χ4v) is 1.33. The summed E-state index contributed by atoms with van der Waals surface area (Å²) >= 11 is 1.20. The van der Waals surface area contributed by atoms with Crippen LogP contribution in [0.4, 0.5) is 0 Å². The predicted octanol–water partition coefficient (Wildman–Crippen LogP) is 2.08. The lowest BCUT2D eigenvalue weighted by Crippen LogP contribution is -2.16. The van der Waals surface area contributed by atoms with Crippen molar-refractivity contribution in [3.8, 4) is 16.9 Å². The van der Waals surface area contributed by atoms with Crippen LogP contribution in [-0.4, -0.2) is 13.8 Å². The molecule has 0 spiro atoms. The monoisotopic (exact) mass is 169 g/mol.